The molecule has 1 aromatic carbocycles. The average Bonchev–Trinajstić information content (AvgIpc) is 3.08. The number of carbonyl (C=O) groups is 1. The van der Waals surface area contributed by atoms with E-state index in [2.05, 4.69) is 35.6 Å². The molecule has 6 nitrogen and oxygen atoms in total. The smallest absolute Gasteiger partial charge is 0.337 e. The molecule has 2 aromatic rings. The fourth-order valence-electron chi connectivity index (χ4n) is 5.66. The van der Waals surface area contributed by atoms with Crippen molar-refractivity contribution in [1.82, 2.24) is 9.47 Å². The number of ether oxygens (including phenoxy) is 3. The van der Waals surface area contributed by atoms with E-state index in [4.69, 9.17) is 14.2 Å². The molecule has 1 aromatic heterocycles. The number of fused-ring (bicyclic) bond motifs is 5. The van der Waals surface area contributed by atoms with Gasteiger partial charge in [0.2, 0.25) is 0 Å². The topological polar surface area (TPSA) is 52.9 Å². The van der Waals surface area contributed by atoms with Crippen LogP contribution in [-0.2, 0) is 27.7 Å². The summed E-state index contributed by atoms with van der Waals surface area (Å²) in [5.74, 6) is 1.15. The molecule has 6 heteroatoms. The highest BCUT2D eigenvalue weighted by molar-refractivity contribution is 5.92. The van der Waals surface area contributed by atoms with Gasteiger partial charge in [-0.1, -0.05) is 19.4 Å². The number of rotatable bonds is 5. The van der Waals surface area contributed by atoms with Gasteiger partial charge in [0.1, 0.15) is 5.75 Å². The number of hydrogen-bond donors (Lipinski definition) is 0. The van der Waals surface area contributed by atoms with Gasteiger partial charge in [-0.3, -0.25) is 4.90 Å². The van der Waals surface area contributed by atoms with Gasteiger partial charge in [0.15, 0.2) is 0 Å². The minimum atomic E-state index is -0.288. The van der Waals surface area contributed by atoms with Gasteiger partial charge in [-0.2, -0.15) is 0 Å². The molecule has 0 spiro atoms. The predicted octanol–water partition coefficient (Wildman–Crippen LogP) is 3.84. The molecule has 3 heterocycles. The Morgan fingerprint density at radius 1 is 1.27 bits per heavy atom. The first-order chi connectivity index (χ1) is 14.5. The Morgan fingerprint density at radius 3 is 2.73 bits per heavy atom. The van der Waals surface area contributed by atoms with Crippen LogP contribution in [0.4, 0.5) is 0 Å². The summed E-state index contributed by atoms with van der Waals surface area (Å²) in [7, 11) is 6.92. The standard InChI is InChI=1S/C24H32N2O4/c1-6-15-13-26-11-10-16-22-19(8-7-9-21(22)29-4)25(2)23(16)20(26)12-17(15)18(14-28-3)24(27)30-5/h7-9,14-15,17,20H,6,10-13H2,1-5H3/b18-14+/t15-,17+,20+/m1/s1. The Hall–Kier alpha value is -2.47. The molecule has 0 N–H and O–H groups in total. The maximum atomic E-state index is 12.6. The fraction of sp³-hybridized carbons (Fsp3) is 0.542. The number of piperidine rings is 1. The van der Waals surface area contributed by atoms with E-state index in [0.29, 0.717) is 11.5 Å². The molecule has 30 heavy (non-hydrogen) atoms. The Morgan fingerprint density at radius 2 is 2.07 bits per heavy atom. The molecule has 1 fully saturated rings. The molecule has 0 amide bonds. The first-order valence-corrected chi connectivity index (χ1v) is 10.7. The number of aromatic nitrogens is 1. The van der Waals surface area contributed by atoms with Gasteiger partial charge in [-0.15, -0.1) is 0 Å². The monoisotopic (exact) mass is 412 g/mol. The van der Waals surface area contributed by atoms with Gasteiger partial charge in [0, 0.05) is 31.2 Å². The molecule has 0 aliphatic carbocycles. The van der Waals surface area contributed by atoms with Crippen molar-refractivity contribution in [1.29, 1.82) is 0 Å². The number of carbonyl (C=O) groups excluding carboxylic acids is 1. The van der Waals surface area contributed by atoms with E-state index in [1.165, 1.54) is 29.3 Å². The van der Waals surface area contributed by atoms with E-state index in [-0.39, 0.29) is 17.9 Å². The van der Waals surface area contributed by atoms with Crippen molar-refractivity contribution >= 4 is 16.9 Å². The SMILES string of the molecule is CC[C@@H]1CN2CCc3c(n(C)c4cccc(OC)c34)[C@@H]2C[C@@H]1/C(=C\OC)C(=O)OC. The number of esters is 1. The van der Waals surface area contributed by atoms with Crippen LogP contribution < -0.4 is 4.74 Å². The molecule has 0 radical (unpaired) electrons. The molecule has 3 atom stereocenters. The third-order valence-electron chi connectivity index (χ3n) is 7.07. The molecule has 4 rings (SSSR count). The van der Waals surface area contributed by atoms with Crippen molar-refractivity contribution in [3.8, 4) is 5.75 Å². The number of benzene rings is 1. The van der Waals surface area contributed by atoms with Crippen molar-refractivity contribution in [3.05, 3.63) is 41.3 Å². The number of nitrogens with zero attached hydrogens (tertiary/aromatic N) is 2. The van der Waals surface area contributed by atoms with Crippen LogP contribution in [0.1, 0.15) is 37.1 Å². The summed E-state index contributed by atoms with van der Waals surface area (Å²) in [5, 5.41) is 1.23. The number of methoxy groups -OCH3 is 3. The lowest BCUT2D eigenvalue weighted by Gasteiger charge is -2.47. The van der Waals surface area contributed by atoms with E-state index < -0.39 is 0 Å². The molecule has 162 valence electrons. The van der Waals surface area contributed by atoms with Gasteiger partial charge in [-0.25, -0.2) is 4.79 Å². The van der Waals surface area contributed by atoms with Crippen molar-refractivity contribution in [2.75, 3.05) is 34.4 Å². The van der Waals surface area contributed by atoms with Crippen LogP contribution in [0.15, 0.2) is 30.0 Å². The van der Waals surface area contributed by atoms with E-state index in [0.717, 1.165) is 38.1 Å². The lowest BCUT2D eigenvalue weighted by Crippen LogP contribution is -2.47. The largest absolute Gasteiger partial charge is 0.504 e. The first kappa shape index (κ1) is 20.8. The van der Waals surface area contributed by atoms with Crippen LogP contribution >= 0.6 is 0 Å². The average molecular weight is 413 g/mol. The van der Waals surface area contributed by atoms with E-state index in [1.807, 2.05) is 6.07 Å². The zero-order chi connectivity index (χ0) is 21.4. The lowest BCUT2D eigenvalue weighted by atomic mass is 9.74. The minimum Gasteiger partial charge on any atom is -0.504 e. The van der Waals surface area contributed by atoms with Crippen LogP contribution in [0.25, 0.3) is 10.9 Å². The van der Waals surface area contributed by atoms with Crippen LogP contribution in [0, 0.1) is 11.8 Å². The molecule has 2 aliphatic heterocycles. The summed E-state index contributed by atoms with van der Waals surface area (Å²) in [6.07, 6.45) is 4.50. The maximum absolute atomic E-state index is 12.6. The molecular formula is C24H32N2O4. The zero-order valence-corrected chi connectivity index (χ0v) is 18.6. The predicted molar refractivity (Wildman–Crippen MR) is 116 cm³/mol. The fourth-order valence-corrected chi connectivity index (χ4v) is 5.66. The molecule has 0 bridgehead atoms. The Labute approximate surface area is 178 Å². The number of aryl methyl sites for hydroxylation is 1. The zero-order valence-electron chi connectivity index (χ0n) is 18.6. The molecular weight excluding hydrogens is 380 g/mol. The normalized spacial score (nSPS) is 24.3. The van der Waals surface area contributed by atoms with Crippen molar-refractivity contribution in [2.24, 2.45) is 18.9 Å². The van der Waals surface area contributed by atoms with Gasteiger partial charge >= 0.3 is 5.97 Å². The number of hydrogen-bond acceptors (Lipinski definition) is 5. The van der Waals surface area contributed by atoms with E-state index in [9.17, 15) is 4.79 Å². The second-order valence-corrected chi connectivity index (χ2v) is 8.35. The molecule has 0 unspecified atom stereocenters. The van der Waals surface area contributed by atoms with Crippen molar-refractivity contribution in [2.45, 2.75) is 32.2 Å². The van der Waals surface area contributed by atoms with Gasteiger partial charge in [0.25, 0.3) is 0 Å². The van der Waals surface area contributed by atoms with Crippen molar-refractivity contribution < 1.29 is 19.0 Å². The quantitative estimate of drug-likeness (QED) is 0.424. The Kier molecular flexibility index (Phi) is 5.78. The summed E-state index contributed by atoms with van der Waals surface area (Å²) in [5.41, 5.74) is 4.59. The van der Waals surface area contributed by atoms with Crippen LogP contribution in [0.5, 0.6) is 5.75 Å². The Bertz CT molecular complexity index is 977. The van der Waals surface area contributed by atoms with Crippen LogP contribution in [-0.4, -0.2) is 49.9 Å². The molecule has 0 saturated carbocycles. The van der Waals surface area contributed by atoms with E-state index >= 15 is 0 Å². The first-order valence-electron chi connectivity index (χ1n) is 10.7. The summed E-state index contributed by atoms with van der Waals surface area (Å²) in [4.78, 5) is 15.2. The summed E-state index contributed by atoms with van der Waals surface area (Å²) < 4.78 is 18.4. The van der Waals surface area contributed by atoms with Crippen LogP contribution in [0.3, 0.4) is 0 Å². The summed E-state index contributed by atoms with van der Waals surface area (Å²) in [6.45, 7) is 4.21. The summed E-state index contributed by atoms with van der Waals surface area (Å²) >= 11 is 0. The van der Waals surface area contributed by atoms with E-state index in [1.54, 1.807) is 20.5 Å². The lowest BCUT2D eigenvalue weighted by molar-refractivity contribution is -0.137. The van der Waals surface area contributed by atoms with Crippen molar-refractivity contribution in [3.63, 3.8) is 0 Å². The highest BCUT2D eigenvalue weighted by atomic mass is 16.5. The van der Waals surface area contributed by atoms with Gasteiger partial charge in [-0.05, 0) is 42.4 Å². The summed E-state index contributed by atoms with van der Waals surface area (Å²) in [6, 6.07) is 6.52. The highest BCUT2D eigenvalue weighted by Gasteiger charge is 2.43. The maximum Gasteiger partial charge on any atom is 0.337 e. The van der Waals surface area contributed by atoms with Gasteiger partial charge < -0.3 is 18.8 Å². The third-order valence-corrected chi connectivity index (χ3v) is 7.07. The highest BCUT2D eigenvalue weighted by Crippen LogP contribution is 2.48. The second-order valence-electron chi connectivity index (χ2n) is 8.35. The minimum absolute atomic E-state index is 0.106. The van der Waals surface area contributed by atoms with Gasteiger partial charge in [0.05, 0.1) is 44.7 Å². The van der Waals surface area contributed by atoms with Crippen LogP contribution in [0.2, 0.25) is 0 Å². The third kappa shape index (κ3) is 3.18. The molecule has 2 aliphatic rings. The molecule has 1 saturated heterocycles. The second kappa shape index (κ2) is 8.34. The Balaban J connectivity index is 1.81.